The van der Waals surface area contributed by atoms with Gasteiger partial charge >= 0.3 is 0 Å². The van der Waals surface area contributed by atoms with E-state index in [4.69, 9.17) is 10.2 Å². The summed E-state index contributed by atoms with van der Waals surface area (Å²) in [6.45, 7) is 9.68. The average Bonchev–Trinajstić information content (AvgIpc) is 2.26. The van der Waals surface area contributed by atoms with Crippen molar-refractivity contribution in [3.63, 3.8) is 0 Å². The summed E-state index contributed by atoms with van der Waals surface area (Å²) in [4.78, 5) is 4.64. The van der Waals surface area contributed by atoms with Crippen LogP contribution in [0.3, 0.4) is 0 Å². The predicted molar refractivity (Wildman–Crippen MR) is 60.8 cm³/mol. The van der Waals surface area contributed by atoms with Gasteiger partial charge in [-0.1, -0.05) is 0 Å². The van der Waals surface area contributed by atoms with Crippen LogP contribution in [0, 0.1) is 0 Å². The van der Waals surface area contributed by atoms with E-state index in [0.29, 0.717) is 6.04 Å². The fraction of sp³-hybridized carbons (Fsp3) is 1.00. The fourth-order valence-electron chi connectivity index (χ4n) is 2.28. The van der Waals surface area contributed by atoms with Gasteiger partial charge in [0.2, 0.25) is 0 Å². The summed E-state index contributed by atoms with van der Waals surface area (Å²) in [5, 5.41) is 18.2. The number of aliphatic hydroxyl groups is 2. The van der Waals surface area contributed by atoms with Crippen molar-refractivity contribution in [2.24, 2.45) is 0 Å². The molecule has 3 atom stereocenters. The maximum atomic E-state index is 9.13. The fourth-order valence-corrected chi connectivity index (χ4v) is 2.28. The number of nitrogens with zero attached hydrogens (tertiary/aromatic N) is 2. The van der Waals surface area contributed by atoms with Crippen LogP contribution in [0.2, 0.25) is 0 Å². The summed E-state index contributed by atoms with van der Waals surface area (Å²) in [5.41, 5.74) is 0. The van der Waals surface area contributed by atoms with Gasteiger partial charge in [0, 0.05) is 37.8 Å². The van der Waals surface area contributed by atoms with Crippen molar-refractivity contribution in [2.75, 3.05) is 32.8 Å². The van der Waals surface area contributed by atoms with Crippen molar-refractivity contribution in [2.45, 2.75) is 38.9 Å². The minimum Gasteiger partial charge on any atom is -0.395 e. The lowest BCUT2D eigenvalue weighted by molar-refractivity contribution is 0.00815. The molecule has 2 N–H and O–H groups in total. The number of rotatable bonds is 4. The molecule has 1 saturated heterocycles. The lowest BCUT2D eigenvalue weighted by Gasteiger charge is -2.44. The third kappa shape index (κ3) is 3.14. The zero-order valence-corrected chi connectivity index (χ0v) is 10.1. The topological polar surface area (TPSA) is 46.9 Å². The first-order chi connectivity index (χ1) is 7.10. The van der Waals surface area contributed by atoms with Gasteiger partial charge in [0.25, 0.3) is 0 Å². The third-order valence-electron chi connectivity index (χ3n) is 3.43. The quantitative estimate of drug-likeness (QED) is 0.680. The minimum absolute atomic E-state index is 0.222. The molecule has 0 aromatic heterocycles. The molecule has 0 radical (unpaired) electrons. The summed E-state index contributed by atoms with van der Waals surface area (Å²) in [6.07, 6.45) is 0. The second-order valence-electron chi connectivity index (χ2n) is 4.64. The minimum atomic E-state index is 0.222. The Balaban J connectivity index is 2.47. The van der Waals surface area contributed by atoms with Crippen LogP contribution in [-0.2, 0) is 0 Å². The van der Waals surface area contributed by atoms with Crippen LogP contribution in [-0.4, -0.2) is 71.0 Å². The number of hydrogen-bond acceptors (Lipinski definition) is 4. The van der Waals surface area contributed by atoms with Crippen molar-refractivity contribution in [1.29, 1.82) is 0 Å². The van der Waals surface area contributed by atoms with Crippen LogP contribution in [0.15, 0.2) is 0 Å². The van der Waals surface area contributed by atoms with E-state index in [1.807, 2.05) is 0 Å². The lowest BCUT2D eigenvalue weighted by Crippen LogP contribution is -2.57. The Kier molecular flexibility index (Phi) is 4.99. The molecule has 0 amide bonds. The maximum absolute atomic E-state index is 9.13. The molecule has 0 saturated carbocycles. The van der Waals surface area contributed by atoms with Crippen LogP contribution in [0.4, 0.5) is 0 Å². The molecule has 0 aromatic carbocycles. The highest BCUT2D eigenvalue weighted by Crippen LogP contribution is 2.14. The molecule has 0 aromatic rings. The van der Waals surface area contributed by atoms with Crippen LogP contribution in [0.1, 0.15) is 20.8 Å². The molecule has 1 aliphatic heterocycles. The molecule has 90 valence electrons. The summed E-state index contributed by atoms with van der Waals surface area (Å²) >= 11 is 0. The van der Waals surface area contributed by atoms with Gasteiger partial charge in [-0.2, -0.15) is 0 Å². The zero-order chi connectivity index (χ0) is 11.4. The van der Waals surface area contributed by atoms with Crippen LogP contribution >= 0.6 is 0 Å². The van der Waals surface area contributed by atoms with Gasteiger partial charge in [0.05, 0.1) is 13.2 Å². The zero-order valence-electron chi connectivity index (χ0n) is 10.1. The molecule has 0 bridgehead atoms. The van der Waals surface area contributed by atoms with Crippen molar-refractivity contribution in [3.8, 4) is 0 Å². The highest BCUT2D eigenvalue weighted by atomic mass is 16.3. The standard InChI is InChI=1S/C11H24N2O2/c1-9-6-12(10(2)7-14)4-5-13(9)11(3)8-15/h9-11,14-15H,4-8H2,1-3H3. The van der Waals surface area contributed by atoms with Gasteiger partial charge in [-0.3, -0.25) is 9.80 Å². The predicted octanol–water partition coefficient (Wildman–Crippen LogP) is -0.246. The SMILES string of the molecule is CC(CO)N1CCN(C(C)CO)C(C)C1. The number of aliphatic hydroxyl groups excluding tert-OH is 2. The van der Waals surface area contributed by atoms with Gasteiger partial charge in [-0.25, -0.2) is 0 Å². The van der Waals surface area contributed by atoms with E-state index >= 15 is 0 Å². The van der Waals surface area contributed by atoms with Crippen LogP contribution in [0.25, 0.3) is 0 Å². The van der Waals surface area contributed by atoms with E-state index in [1.54, 1.807) is 0 Å². The van der Waals surface area contributed by atoms with E-state index in [1.165, 1.54) is 0 Å². The van der Waals surface area contributed by atoms with Crippen molar-refractivity contribution < 1.29 is 10.2 Å². The third-order valence-corrected chi connectivity index (χ3v) is 3.43. The Bertz CT molecular complexity index is 189. The maximum Gasteiger partial charge on any atom is 0.0584 e. The monoisotopic (exact) mass is 216 g/mol. The Morgan fingerprint density at radius 3 is 2.20 bits per heavy atom. The number of piperazine rings is 1. The van der Waals surface area contributed by atoms with Crippen LogP contribution < -0.4 is 0 Å². The molecule has 1 aliphatic rings. The molecular formula is C11H24N2O2. The Labute approximate surface area is 92.5 Å². The second kappa shape index (κ2) is 5.80. The van der Waals surface area contributed by atoms with Gasteiger partial charge in [-0.15, -0.1) is 0 Å². The van der Waals surface area contributed by atoms with Gasteiger partial charge < -0.3 is 10.2 Å². The highest BCUT2D eigenvalue weighted by molar-refractivity contribution is 4.84. The Hall–Kier alpha value is -0.160. The Morgan fingerprint density at radius 1 is 1.13 bits per heavy atom. The largest absolute Gasteiger partial charge is 0.395 e. The number of hydrogen-bond donors (Lipinski definition) is 2. The van der Waals surface area contributed by atoms with Crippen molar-refractivity contribution >= 4 is 0 Å². The van der Waals surface area contributed by atoms with Crippen molar-refractivity contribution in [3.05, 3.63) is 0 Å². The van der Waals surface area contributed by atoms with E-state index in [0.717, 1.165) is 19.6 Å². The molecule has 0 spiro atoms. The van der Waals surface area contributed by atoms with Crippen LogP contribution in [0.5, 0.6) is 0 Å². The molecular weight excluding hydrogens is 192 g/mol. The highest BCUT2D eigenvalue weighted by Gasteiger charge is 2.28. The molecule has 1 rings (SSSR count). The van der Waals surface area contributed by atoms with E-state index in [2.05, 4.69) is 30.6 Å². The molecule has 0 aliphatic carbocycles. The van der Waals surface area contributed by atoms with Crippen molar-refractivity contribution in [1.82, 2.24) is 9.80 Å². The summed E-state index contributed by atoms with van der Waals surface area (Å²) in [7, 11) is 0. The van der Waals surface area contributed by atoms with E-state index in [9.17, 15) is 0 Å². The first-order valence-corrected chi connectivity index (χ1v) is 5.81. The second-order valence-corrected chi connectivity index (χ2v) is 4.64. The molecule has 3 unspecified atom stereocenters. The Morgan fingerprint density at radius 2 is 1.73 bits per heavy atom. The lowest BCUT2D eigenvalue weighted by atomic mass is 10.1. The summed E-state index contributed by atoms with van der Waals surface area (Å²) < 4.78 is 0. The summed E-state index contributed by atoms with van der Waals surface area (Å²) in [6, 6.07) is 0.945. The first kappa shape index (κ1) is 12.9. The molecule has 4 heteroatoms. The molecule has 1 heterocycles. The van der Waals surface area contributed by atoms with E-state index < -0.39 is 0 Å². The average molecular weight is 216 g/mol. The van der Waals surface area contributed by atoms with Gasteiger partial charge in [-0.05, 0) is 20.8 Å². The van der Waals surface area contributed by atoms with Gasteiger partial charge in [0.1, 0.15) is 0 Å². The van der Waals surface area contributed by atoms with Gasteiger partial charge in [0.15, 0.2) is 0 Å². The summed E-state index contributed by atoms with van der Waals surface area (Å²) in [5.74, 6) is 0. The van der Waals surface area contributed by atoms with E-state index in [-0.39, 0.29) is 25.3 Å². The molecule has 4 nitrogen and oxygen atoms in total. The first-order valence-electron chi connectivity index (χ1n) is 5.81. The normalized spacial score (nSPS) is 29.0. The molecule has 15 heavy (non-hydrogen) atoms. The molecule has 1 fully saturated rings. The smallest absolute Gasteiger partial charge is 0.0584 e.